The minimum atomic E-state index is -4.70. The number of hydrogen-bond acceptors (Lipinski definition) is 5. The van der Waals surface area contributed by atoms with Crippen molar-refractivity contribution in [2.24, 2.45) is 7.05 Å². The molecular formula is C18H15F3N6O2. The van der Waals surface area contributed by atoms with Gasteiger partial charge in [0, 0.05) is 35.9 Å². The smallest absolute Gasteiger partial charge is 0.338 e. The van der Waals surface area contributed by atoms with Gasteiger partial charge in [0.25, 0.3) is 0 Å². The molecule has 0 saturated carbocycles. The standard InChI is InChI=1S/C18H15F3N6O2/c1-10-7-27(9-15(28)23-12-6-22-26(2)8-12)14-4-3-11(5-13(10)14)16-24-17(29-25-16)18(19,20)21/h3-8H,9H2,1-2H3,(H,23,28). The zero-order chi connectivity index (χ0) is 20.8. The summed E-state index contributed by atoms with van der Waals surface area (Å²) in [7, 11) is 1.75. The summed E-state index contributed by atoms with van der Waals surface area (Å²) in [4.78, 5) is 15.7. The Morgan fingerprint density at radius 2 is 2.07 bits per heavy atom. The number of carbonyl (C=O) groups is 1. The number of benzene rings is 1. The number of halogens is 3. The highest BCUT2D eigenvalue weighted by atomic mass is 19.4. The summed E-state index contributed by atoms with van der Waals surface area (Å²) in [5, 5.41) is 10.9. The van der Waals surface area contributed by atoms with Crippen molar-refractivity contribution in [1.29, 1.82) is 0 Å². The molecule has 0 aliphatic rings. The fraction of sp³-hybridized carbons (Fsp3) is 0.222. The first kappa shape index (κ1) is 18.7. The molecule has 11 heteroatoms. The molecule has 1 aromatic carbocycles. The molecule has 4 aromatic rings. The van der Waals surface area contributed by atoms with Gasteiger partial charge in [0.15, 0.2) is 0 Å². The van der Waals surface area contributed by atoms with E-state index >= 15 is 0 Å². The number of alkyl halides is 3. The largest absolute Gasteiger partial charge is 0.471 e. The highest BCUT2D eigenvalue weighted by Crippen LogP contribution is 2.31. The third-order valence-corrected chi connectivity index (χ3v) is 4.31. The van der Waals surface area contributed by atoms with E-state index in [4.69, 9.17) is 0 Å². The van der Waals surface area contributed by atoms with Gasteiger partial charge in [-0.05, 0) is 30.7 Å². The zero-order valence-corrected chi connectivity index (χ0v) is 15.4. The lowest BCUT2D eigenvalue weighted by atomic mass is 10.1. The molecule has 0 radical (unpaired) electrons. The maximum Gasteiger partial charge on any atom is 0.471 e. The Hall–Kier alpha value is -3.63. The molecule has 0 aliphatic carbocycles. The van der Waals surface area contributed by atoms with Crippen LogP contribution in [0.2, 0.25) is 0 Å². The van der Waals surface area contributed by atoms with Gasteiger partial charge >= 0.3 is 12.1 Å². The number of anilines is 1. The monoisotopic (exact) mass is 404 g/mol. The van der Waals surface area contributed by atoms with Crippen molar-refractivity contribution < 1.29 is 22.5 Å². The molecule has 0 unspecified atom stereocenters. The second kappa shape index (κ2) is 6.76. The normalized spacial score (nSPS) is 11.9. The van der Waals surface area contributed by atoms with Crippen LogP contribution in [0.15, 0.2) is 41.3 Å². The van der Waals surface area contributed by atoms with Crippen LogP contribution in [0.25, 0.3) is 22.3 Å². The summed E-state index contributed by atoms with van der Waals surface area (Å²) in [6.07, 6.45) is 0.331. The van der Waals surface area contributed by atoms with E-state index in [0.717, 1.165) is 16.5 Å². The first-order chi connectivity index (χ1) is 13.7. The Morgan fingerprint density at radius 1 is 1.28 bits per heavy atom. The van der Waals surface area contributed by atoms with Crippen LogP contribution in [0.4, 0.5) is 18.9 Å². The summed E-state index contributed by atoms with van der Waals surface area (Å²) >= 11 is 0. The predicted octanol–water partition coefficient (Wildman–Crippen LogP) is 3.39. The fourth-order valence-electron chi connectivity index (χ4n) is 3.04. The molecule has 0 bridgehead atoms. The van der Waals surface area contributed by atoms with Crippen molar-refractivity contribution in [2.75, 3.05) is 5.32 Å². The second-order valence-corrected chi connectivity index (χ2v) is 6.54. The maximum absolute atomic E-state index is 12.7. The third kappa shape index (κ3) is 3.71. The molecule has 0 spiro atoms. The minimum absolute atomic E-state index is 0.0685. The molecule has 150 valence electrons. The highest BCUT2D eigenvalue weighted by Gasteiger charge is 2.38. The molecule has 0 atom stereocenters. The van der Waals surface area contributed by atoms with Crippen molar-refractivity contribution in [3.63, 3.8) is 0 Å². The first-order valence-corrected chi connectivity index (χ1v) is 8.50. The third-order valence-electron chi connectivity index (χ3n) is 4.31. The van der Waals surface area contributed by atoms with Crippen molar-refractivity contribution in [3.8, 4) is 11.4 Å². The maximum atomic E-state index is 12.7. The van der Waals surface area contributed by atoms with Crippen LogP contribution in [-0.2, 0) is 24.6 Å². The van der Waals surface area contributed by atoms with E-state index in [1.165, 1.54) is 0 Å². The van der Waals surface area contributed by atoms with E-state index in [1.807, 2.05) is 6.92 Å². The quantitative estimate of drug-likeness (QED) is 0.563. The van der Waals surface area contributed by atoms with Crippen LogP contribution in [0.1, 0.15) is 11.5 Å². The van der Waals surface area contributed by atoms with Gasteiger partial charge in [-0.15, -0.1) is 0 Å². The summed E-state index contributed by atoms with van der Waals surface area (Å²) in [6, 6.07) is 4.96. The molecular weight excluding hydrogens is 389 g/mol. The number of nitrogens with zero attached hydrogens (tertiary/aromatic N) is 5. The molecule has 3 aromatic heterocycles. The van der Waals surface area contributed by atoms with Gasteiger partial charge in [-0.2, -0.15) is 23.3 Å². The SMILES string of the molecule is Cc1cn(CC(=O)Nc2cnn(C)c2)c2ccc(-c3noc(C(F)(F)F)n3)cc12. The van der Waals surface area contributed by atoms with Crippen LogP contribution in [0, 0.1) is 6.92 Å². The van der Waals surface area contributed by atoms with Gasteiger partial charge < -0.3 is 14.4 Å². The van der Waals surface area contributed by atoms with Gasteiger partial charge in [-0.25, -0.2) is 0 Å². The van der Waals surface area contributed by atoms with E-state index in [-0.39, 0.29) is 18.3 Å². The molecule has 1 N–H and O–H groups in total. The van der Waals surface area contributed by atoms with Crippen LogP contribution < -0.4 is 5.32 Å². The molecule has 29 heavy (non-hydrogen) atoms. The molecule has 0 saturated heterocycles. The Morgan fingerprint density at radius 3 is 2.72 bits per heavy atom. The first-order valence-electron chi connectivity index (χ1n) is 8.50. The van der Waals surface area contributed by atoms with Gasteiger partial charge in [-0.1, -0.05) is 5.16 Å². The number of amides is 1. The fourth-order valence-corrected chi connectivity index (χ4v) is 3.04. The van der Waals surface area contributed by atoms with Crippen LogP contribution in [0.3, 0.4) is 0 Å². The van der Waals surface area contributed by atoms with Crippen LogP contribution in [0.5, 0.6) is 0 Å². The molecule has 3 heterocycles. The molecule has 8 nitrogen and oxygen atoms in total. The van der Waals surface area contributed by atoms with Gasteiger partial charge in [0.2, 0.25) is 11.7 Å². The molecule has 4 rings (SSSR count). The van der Waals surface area contributed by atoms with E-state index < -0.39 is 12.1 Å². The number of nitrogens with one attached hydrogen (secondary N) is 1. The number of carbonyl (C=O) groups excluding carboxylic acids is 1. The van der Waals surface area contributed by atoms with Crippen LogP contribution in [-0.4, -0.2) is 30.4 Å². The van der Waals surface area contributed by atoms with Gasteiger partial charge in [0.1, 0.15) is 6.54 Å². The highest BCUT2D eigenvalue weighted by molar-refractivity contribution is 5.93. The number of aromatic nitrogens is 5. The van der Waals surface area contributed by atoms with Crippen molar-refractivity contribution in [3.05, 3.63) is 48.2 Å². The van der Waals surface area contributed by atoms with Gasteiger partial charge in [-0.3, -0.25) is 9.48 Å². The summed E-state index contributed by atoms with van der Waals surface area (Å²) in [5.41, 5.74) is 2.59. The van der Waals surface area contributed by atoms with E-state index in [0.29, 0.717) is 11.3 Å². The Bertz CT molecular complexity index is 1200. The molecule has 0 aliphatic heterocycles. The Labute approximate surface area is 161 Å². The summed E-state index contributed by atoms with van der Waals surface area (Å²) in [6.45, 7) is 1.91. The average molecular weight is 404 g/mol. The predicted molar refractivity (Wildman–Crippen MR) is 96.8 cm³/mol. The van der Waals surface area contributed by atoms with E-state index in [2.05, 4.69) is 25.1 Å². The number of hydrogen-bond donors (Lipinski definition) is 1. The van der Waals surface area contributed by atoms with E-state index in [9.17, 15) is 18.0 Å². The molecule has 1 amide bonds. The zero-order valence-electron chi connectivity index (χ0n) is 15.4. The number of fused-ring (bicyclic) bond motifs is 1. The lowest BCUT2D eigenvalue weighted by Gasteiger charge is -2.06. The minimum Gasteiger partial charge on any atom is -0.338 e. The Balaban J connectivity index is 1.60. The van der Waals surface area contributed by atoms with Crippen LogP contribution >= 0.6 is 0 Å². The second-order valence-electron chi connectivity index (χ2n) is 6.54. The van der Waals surface area contributed by atoms with Crippen molar-refractivity contribution in [2.45, 2.75) is 19.6 Å². The number of aryl methyl sites for hydroxylation is 2. The number of rotatable bonds is 4. The summed E-state index contributed by atoms with van der Waals surface area (Å²) < 4.78 is 45.7. The average Bonchev–Trinajstić information content (AvgIpc) is 3.35. The lowest BCUT2D eigenvalue weighted by Crippen LogP contribution is -2.17. The topological polar surface area (TPSA) is 90.8 Å². The van der Waals surface area contributed by atoms with Crippen molar-refractivity contribution >= 4 is 22.5 Å². The van der Waals surface area contributed by atoms with Gasteiger partial charge in [0.05, 0.1) is 11.9 Å². The van der Waals surface area contributed by atoms with E-state index in [1.54, 1.807) is 53.1 Å². The lowest BCUT2D eigenvalue weighted by molar-refractivity contribution is -0.159. The molecule has 0 fully saturated rings. The summed E-state index contributed by atoms with van der Waals surface area (Å²) in [5.74, 6) is -1.78. The Kier molecular flexibility index (Phi) is 4.36. The van der Waals surface area contributed by atoms with Crippen molar-refractivity contribution in [1.82, 2.24) is 24.5 Å².